The van der Waals surface area contributed by atoms with E-state index >= 15 is 0 Å². The van der Waals surface area contributed by atoms with E-state index in [1.54, 1.807) is 0 Å². The van der Waals surface area contributed by atoms with Gasteiger partial charge in [0.15, 0.2) is 0 Å². The van der Waals surface area contributed by atoms with E-state index < -0.39 is 27.8 Å². The second kappa shape index (κ2) is 9.43. The maximum atomic E-state index is 13.5. The smallest absolute Gasteiger partial charge is 0.268 e. The minimum Gasteiger partial charge on any atom is -0.354 e. The number of rotatable bonds is 7. The van der Waals surface area contributed by atoms with E-state index in [2.05, 4.69) is 20.7 Å². The van der Waals surface area contributed by atoms with E-state index in [9.17, 15) is 9.59 Å². The van der Waals surface area contributed by atoms with Gasteiger partial charge in [-0.05, 0) is 77.8 Å². The summed E-state index contributed by atoms with van der Waals surface area (Å²) in [5.74, 6) is -0.872. The average Bonchev–Trinajstić information content (AvgIpc) is 2.64. The van der Waals surface area contributed by atoms with Crippen LogP contribution in [0.4, 0.5) is 11.4 Å². The van der Waals surface area contributed by atoms with E-state index in [4.69, 9.17) is 0 Å². The van der Waals surface area contributed by atoms with Gasteiger partial charge in [-0.1, -0.05) is 36.4 Å². The number of benzene rings is 2. The van der Waals surface area contributed by atoms with Crippen LogP contribution >= 0.6 is 11.9 Å². The Morgan fingerprint density at radius 1 is 0.667 bits per heavy atom. The van der Waals surface area contributed by atoms with Crippen molar-refractivity contribution < 1.29 is 9.59 Å². The average molecular weight is 429 g/mol. The molecule has 4 N–H and O–H groups in total. The van der Waals surface area contributed by atoms with Crippen molar-refractivity contribution in [2.24, 2.45) is 0 Å². The van der Waals surface area contributed by atoms with Crippen LogP contribution in [0.25, 0.3) is 0 Å². The largest absolute Gasteiger partial charge is 0.354 e. The zero-order valence-electron chi connectivity index (χ0n) is 18.5. The predicted molar refractivity (Wildman–Crippen MR) is 126 cm³/mol. The van der Waals surface area contributed by atoms with Crippen LogP contribution in [0.15, 0.2) is 60.7 Å². The van der Waals surface area contributed by atoms with Crippen molar-refractivity contribution in [2.45, 2.75) is 57.5 Å². The van der Waals surface area contributed by atoms with E-state index in [1.807, 2.05) is 102 Å². The highest BCUT2D eigenvalue weighted by Gasteiger charge is 2.49. The molecule has 30 heavy (non-hydrogen) atoms. The molecule has 2 amide bonds. The molecule has 2 rings (SSSR count). The molecule has 0 bridgehead atoms. The lowest BCUT2D eigenvalue weighted by molar-refractivity contribution is -0.133. The molecule has 0 heterocycles. The number of amides is 2. The van der Waals surface area contributed by atoms with Crippen molar-refractivity contribution in [1.29, 1.82) is 0 Å². The minimum absolute atomic E-state index is 0.436. The Kier molecular flexibility index (Phi) is 7.42. The molecule has 2 aromatic rings. The van der Waals surface area contributed by atoms with Gasteiger partial charge in [-0.15, -0.1) is 0 Å². The van der Waals surface area contributed by atoms with E-state index in [0.29, 0.717) is 5.69 Å². The third-order valence-electron chi connectivity index (χ3n) is 3.81. The molecule has 0 aliphatic carbocycles. The van der Waals surface area contributed by atoms with Crippen molar-refractivity contribution in [3.05, 3.63) is 60.7 Å². The SMILES string of the molecule is CC(C)(C)NC(=O)C(Nc1ccccc1)(SNc1ccccc1)C(=O)NC(C)(C)C. The monoisotopic (exact) mass is 428 g/mol. The van der Waals surface area contributed by atoms with Gasteiger partial charge < -0.3 is 20.7 Å². The lowest BCUT2D eigenvalue weighted by atomic mass is 10.1. The zero-order chi connectivity index (χ0) is 22.4. The van der Waals surface area contributed by atoms with Gasteiger partial charge in [0.25, 0.3) is 16.7 Å². The molecule has 0 aromatic heterocycles. The number of para-hydroxylation sites is 2. The molecule has 0 saturated carbocycles. The zero-order valence-corrected chi connectivity index (χ0v) is 19.3. The standard InChI is InChI=1S/C23H32N4O2S/c1-21(2,3)25-19(28)23(20(29)26-22(4,5)6,24-17-13-9-7-10-14-17)30-27-18-15-11-8-12-16-18/h7-16,24,27H,1-6H3,(H,25,28)(H,26,29). The first-order valence-corrected chi connectivity index (χ1v) is 10.7. The molecule has 0 aliphatic heterocycles. The number of carbonyl (C=O) groups is 2. The topological polar surface area (TPSA) is 82.3 Å². The van der Waals surface area contributed by atoms with Crippen LogP contribution in [-0.2, 0) is 9.59 Å². The minimum atomic E-state index is -1.66. The van der Waals surface area contributed by atoms with Crippen molar-refractivity contribution >= 4 is 35.1 Å². The summed E-state index contributed by atoms with van der Waals surface area (Å²) in [6, 6.07) is 18.7. The molecule has 0 atom stereocenters. The van der Waals surface area contributed by atoms with Crippen molar-refractivity contribution in [3.63, 3.8) is 0 Å². The van der Waals surface area contributed by atoms with Crippen LogP contribution in [-0.4, -0.2) is 27.8 Å². The summed E-state index contributed by atoms with van der Waals surface area (Å²) >= 11 is 1.03. The molecule has 7 heteroatoms. The molecule has 6 nitrogen and oxygen atoms in total. The van der Waals surface area contributed by atoms with Gasteiger partial charge >= 0.3 is 0 Å². The molecular weight excluding hydrogens is 396 g/mol. The summed E-state index contributed by atoms with van der Waals surface area (Å²) in [5.41, 5.74) is 0.410. The molecule has 0 fully saturated rings. The number of carbonyl (C=O) groups excluding carboxylic acids is 2. The second-order valence-electron chi connectivity index (χ2n) is 9.15. The van der Waals surface area contributed by atoms with Gasteiger partial charge in [0.2, 0.25) is 0 Å². The van der Waals surface area contributed by atoms with E-state index in [-0.39, 0.29) is 0 Å². The fraction of sp³-hybridized carbons (Fsp3) is 0.391. The molecule has 0 radical (unpaired) electrons. The Labute approximate surface area is 183 Å². The van der Waals surface area contributed by atoms with Gasteiger partial charge in [0.05, 0.1) is 0 Å². The highest BCUT2D eigenvalue weighted by Crippen LogP contribution is 2.31. The summed E-state index contributed by atoms with van der Waals surface area (Å²) in [5, 5.41) is 9.10. The third-order valence-corrected chi connectivity index (χ3v) is 4.92. The molecule has 0 saturated heterocycles. The summed E-state index contributed by atoms with van der Waals surface area (Å²) in [6.45, 7) is 11.3. The van der Waals surface area contributed by atoms with Crippen LogP contribution in [0, 0.1) is 0 Å². The fourth-order valence-corrected chi connectivity index (χ4v) is 3.42. The van der Waals surface area contributed by atoms with Gasteiger partial charge in [-0.3, -0.25) is 9.59 Å². The Morgan fingerprint density at radius 3 is 1.47 bits per heavy atom. The highest BCUT2D eigenvalue weighted by atomic mass is 32.2. The fourth-order valence-electron chi connectivity index (χ4n) is 2.56. The number of hydrogen-bond acceptors (Lipinski definition) is 5. The lowest BCUT2D eigenvalue weighted by Crippen LogP contribution is -2.64. The second-order valence-corrected chi connectivity index (χ2v) is 10.2. The van der Waals surface area contributed by atoms with Gasteiger partial charge in [0, 0.05) is 22.5 Å². The van der Waals surface area contributed by atoms with E-state index in [1.165, 1.54) is 0 Å². The molecular formula is C23H32N4O2S. The van der Waals surface area contributed by atoms with Crippen molar-refractivity contribution in [2.75, 3.05) is 10.0 Å². The molecule has 0 unspecified atom stereocenters. The first-order chi connectivity index (χ1) is 13.9. The van der Waals surface area contributed by atoms with Crippen LogP contribution < -0.4 is 20.7 Å². The first-order valence-electron chi connectivity index (χ1n) is 9.89. The number of nitrogens with one attached hydrogen (secondary N) is 4. The Hall–Kier alpha value is -2.67. The van der Waals surface area contributed by atoms with Gasteiger partial charge in [0.1, 0.15) is 0 Å². The predicted octanol–water partition coefficient (Wildman–Crippen LogP) is 4.38. The molecule has 162 valence electrons. The Bertz CT molecular complexity index is 815. The maximum absolute atomic E-state index is 13.5. The Morgan fingerprint density at radius 2 is 1.07 bits per heavy atom. The summed E-state index contributed by atoms with van der Waals surface area (Å²) < 4.78 is 3.17. The maximum Gasteiger partial charge on any atom is 0.268 e. The van der Waals surface area contributed by atoms with Crippen LogP contribution in [0.5, 0.6) is 0 Å². The van der Waals surface area contributed by atoms with Crippen LogP contribution in [0.2, 0.25) is 0 Å². The first kappa shape index (κ1) is 23.6. The lowest BCUT2D eigenvalue weighted by Gasteiger charge is -2.37. The van der Waals surface area contributed by atoms with Crippen molar-refractivity contribution in [1.82, 2.24) is 10.6 Å². The molecule has 2 aromatic carbocycles. The normalized spacial score (nSPS) is 12.1. The van der Waals surface area contributed by atoms with Crippen molar-refractivity contribution in [3.8, 4) is 0 Å². The van der Waals surface area contributed by atoms with Crippen LogP contribution in [0.1, 0.15) is 41.5 Å². The number of anilines is 2. The van der Waals surface area contributed by atoms with Gasteiger partial charge in [-0.2, -0.15) is 0 Å². The third kappa shape index (κ3) is 6.99. The molecule has 0 spiro atoms. The quantitative estimate of drug-likeness (QED) is 0.299. The Balaban J connectivity index is 2.49. The number of hydrogen-bond donors (Lipinski definition) is 4. The molecule has 0 aliphatic rings. The summed E-state index contributed by atoms with van der Waals surface area (Å²) in [7, 11) is 0. The van der Waals surface area contributed by atoms with Crippen LogP contribution in [0.3, 0.4) is 0 Å². The summed E-state index contributed by atoms with van der Waals surface area (Å²) in [6.07, 6.45) is 0. The van der Waals surface area contributed by atoms with Gasteiger partial charge in [-0.25, -0.2) is 0 Å². The summed E-state index contributed by atoms with van der Waals surface area (Å²) in [4.78, 5) is 25.4. The highest BCUT2D eigenvalue weighted by molar-refractivity contribution is 8.03. The van der Waals surface area contributed by atoms with E-state index in [0.717, 1.165) is 17.6 Å².